The van der Waals surface area contributed by atoms with Crippen LogP contribution in [-0.2, 0) is 11.8 Å². The first-order valence-electron chi connectivity index (χ1n) is 6.16. The summed E-state index contributed by atoms with van der Waals surface area (Å²) in [7, 11) is 1.83. The van der Waals surface area contributed by atoms with Crippen molar-refractivity contribution in [1.82, 2.24) is 9.78 Å². The number of anilines is 1. The molecule has 0 aliphatic rings. The van der Waals surface area contributed by atoms with Crippen molar-refractivity contribution < 1.29 is 9.53 Å². The van der Waals surface area contributed by atoms with Crippen LogP contribution in [0.5, 0.6) is 5.75 Å². The maximum absolute atomic E-state index is 11.9. The molecule has 0 unspecified atom stereocenters. The van der Waals surface area contributed by atoms with Crippen molar-refractivity contribution in [3.63, 3.8) is 0 Å². The summed E-state index contributed by atoms with van der Waals surface area (Å²) in [5.41, 5.74) is 2.41. The Kier molecular flexibility index (Phi) is 4.29. The number of hydrogen-bond donors (Lipinski definition) is 1. The van der Waals surface area contributed by atoms with Crippen molar-refractivity contribution in [2.45, 2.75) is 13.8 Å². The number of amides is 1. The number of nitrogens with zero attached hydrogens (tertiary/aromatic N) is 2. The molecule has 1 aromatic carbocycles. The van der Waals surface area contributed by atoms with Crippen LogP contribution in [0.3, 0.4) is 0 Å². The molecule has 6 heteroatoms. The maximum atomic E-state index is 11.9. The number of benzene rings is 1. The summed E-state index contributed by atoms with van der Waals surface area (Å²) in [6.45, 7) is 3.67. The minimum Gasteiger partial charge on any atom is -0.484 e. The van der Waals surface area contributed by atoms with Crippen LogP contribution in [0.4, 0.5) is 5.69 Å². The summed E-state index contributed by atoms with van der Waals surface area (Å²) >= 11 is 5.84. The number of carbonyl (C=O) groups excluding carboxylic acids is 1. The highest BCUT2D eigenvalue weighted by atomic mass is 35.5. The zero-order chi connectivity index (χ0) is 14.7. The molecule has 2 aromatic rings. The van der Waals surface area contributed by atoms with Crippen molar-refractivity contribution in [2.75, 3.05) is 11.9 Å². The Hall–Kier alpha value is -2.01. The van der Waals surface area contributed by atoms with Crippen LogP contribution in [0.25, 0.3) is 0 Å². The van der Waals surface area contributed by atoms with Gasteiger partial charge in [0.15, 0.2) is 6.61 Å². The molecule has 20 heavy (non-hydrogen) atoms. The summed E-state index contributed by atoms with van der Waals surface area (Å²) in [6, 6.07) is 6.93. The molecule has 1 heterocycles. The second kappa shape index (κ2) is 5.96. The fourth-order valence-electron chi connectivity index (χ4n) is 1.84. The van der Waals surface area contributed by atoms with E-state index in [9.17, 15) is 4.79 Å². The lowest BCUT2D eigenvalue weighted by atomic mass is 10.3. The molecular formula is C14H16ClN3O2. The lowest BCUT2D eigenvalue weighted by Crippen LogP contribution is -2.20. The minimum atomic E-state index is -0.232. The first-order chi connectivity index (χ1) is 9.47. The Morgan fingerprint density at radius 3 is 2.80 bits per heavy atom. The molecule has 0 saturated heterocycles. The van der Waals surface area contributed by atoms with Crippen molar-refractivity contribution in [3.8, 4) is 5.75 Å². The van der Waals surface area contributed by atoms with Gasteiger partial charge >= 0.3 is 0 Å². The van der Waals surface area contributed by atoms with Gasteiger partial charge in [-0.25, -0.2) is 0 Å². The second-order valence-electron chi connectivity index (χ2n) is 4.46. The largest absolute Gasteiger partial charge is 0.484 e. The number of rotatable bonds is 4. The average molecular weight is 294 g/mol. The van der Waals surface area contributed by atoms with Crippen LogP contribution in [0, 0.1) is 13.8 Å². The molecule has 0 atom stereocenters. The van der Waals surface area contributed by atoms with Gasteiger partial charge in [0.2, 0.25) is 0 Å². The lowest BCUT2D eigenvalue weighted by Gasteiger charge is -2.08. The zero-order valence-electron chi connectivity index (χ0n) is 11.6. The van der Waals surface area contributed by atoms with Crippen molar-refractivity contribution >= 4 is 23.2 Å². The molecule has 0 aliphatic heterocycles. The predicted molar refractivity (Wildman–Crippen MR) is 78.3 cm³/mol. The summed E-state index contributed by atoms with van der Waals surface area (Å²) in [6.07, 6.45) is 0. The van der Waals surface area contributed by atoms with Gasteiger partial charge in [-0.2, -0.15) is 5.10 Å². The van der Waals surface area contributed by atoms with Gasteiger partial charge in [-0.15, -0.1) is 0 Å². The highest BCUT2D eigenvalue weighted by Gasteiger charge is 2.12. The Balaban J connectivity index is 1.96. The van der Waals surface area contributed by atoms with Gasteiger partial charge in [0.05, 0.1) is 17.1 Å². The molecule has 106 valence electrons. The number of ether oxygens (including phenoxy) is 1. The van der Waals surface area contributed by atoms with E-state index in [1.165, 1.54) is 0 Å². The van der Waals surface area contributed by atoms with Crippen LogP contribution in [-0.4, -0.2) is 22.3 Å². The van der Waals surface area contributed by atoms with Gasteiger partial charge < -0.3 is 10.1 Å². The summed E-state index contributed by atoms with van der Waals surface area (Å²) in [5, 5.41) is 7.61. The van der Waals surface area contributed by atoms with Gasteiger partial charge in [0.1, 0.15) is 5.75 Å². The molecule has 1 amide bonds. The maximum Gasteiger partial charge on any atom is 0.262 e. The van der Waals surface area contributed by atoms with Crippen molar-refractivity contribution in [3.05, 3.63) is 40.7 Å². The highest BCUT2D eigenvalue weighted by Crippen LogP contribution is 2.19. The van der Waals surface area contributed by atoms with Gasteiger partial charge in [0.25, 0.3) is 5.91 Å². The summed E-state index contributed by atoms with van der Waals surface area (Å²) < 4.78 is 7.11. The van der Waals surface area contributed by atoms with Crippen LogP contribution < -0.4 is 10.1 Å². The fraction of sp³-hybridized carbons (Fsp3) is 0.286. The third-order valence-corrected chi connectivity index (χ3v) is 3.17. The summed E-state index contributed by atoms with van der Waals surface area (Å²) in [5.74, 6) is 0.330. The van der Waals surface area contributed by atoms with Crippen LogP contribution in [0.1, 0.15) is 11.4 Å². The molecule has 0 fully saturated rings. The Morgan fingerprint density at radius 1 is 1.45 bits per heavy atom. The fourth-order valence-corrected chi connectivity index (χ4v) is 2.02. The minimum absolute atomic E-state index is 0.0753. The second-order valence-corrected chi connectivity index (χ2v) is 4.90. The lowest BCUT2D eigenvalue weighted by molar-refractivity contribution is -0.118. The molecule has 1 N–H and O–H groups in total. The molecule has 0 spiro atoms. The van der Waals surface area contributed by atoms with Gasteiger partial charge in [0, 0.05) is 12.1 Å². The molecule has 0 aliphatic carbocycles. The normalized spacial score (nSPS) is 10.4. The molecule has 2 rings (SSSR count). The Labute approximate surface area is 122 Å². The van der Waals surface area contributed by atoms with E-state index in [2.05, 4.69) is 10.4 Å². The Bertz CT molecular complexity index is 637. The predicted octanol–water partition coefficient (Wildman–Crippen LogP) is 2.71. The van der Waals surface area contributed by atoms with E-state index < -0.39 is 0 Å². The third-order valence-electron chi connectivity index (χ3n) is 2.94. The first kappa shape index (κ1) is 14.4. The van der Waals surface area contributed by atoms with E-state index in [1.807, 2.05) is 20.9 Å². The van der Waals surface area contributed by atoms with Crippen LogP contribution in [0.15, 0.2) is 24.3 Å². The quantitative estimate of drug-likeness (QED) is 0.943. The van der Waals surface area contributed by atoms with E-state index in [4.69, 9.17) is 16.3 Å². The van der Waals surface area contributed by atoms with E-state index in [0.717, 1.165) is 17.1 Å². The monoisotopic (exact) mass is 293 g/mol. The highest BCUT2D eigenvalue weighted by molar-refractivity contribution is 6.30. The van der Waals surface area contributed by atoms with Crippen LogP contribution >= 0.6 is 11.6 Å². The van der Waals surface area contributed by atoms with Gasteiger partial charge in [-0.05, 0) is 32.0 Å². The van der Waals surface area contributed by atoms with Gasteiger partial charge in [-0.3, -0.25) is 9.48 Å². The number of halogens is 1. The number of hydrogen-bond acceptors (Lipinski definition) is 3. The molecule has 0 saturated carbocycles. The number of carbonyl (C=O) groups is 1. The van der Waals surface area contributed by atoms with E-state index >= 15 is 0 Å². The number of nitrogens with one attached hydrogen (secondary N) is 1. The number of aromatic nitrogens is 2. The first-order valence-corrected chi connectivity index (χ1v) is 6.53. The van der Waals surface area contributed by atoms with Crippen LogP contribution in [0.2, 0.25) is 5.02 Å². The van der Waals surface area contributed by atoms with Gasteiger partial charge in [-0.1, -0.05) is 17.7 Å². The molecule has 5 nitrogen and oxygen atoms in total. The van der Waals surface area contributed by atoms with E-state index in [-0.39, 0.29) is 12.5 Å². The topological polar surface area (TPSA) is 56.2 Å². The average Bonchev–Trinajstić information content (AvgIpc) is 2.63. The van der Waals surface area contributed by atoms with Crippen molar-refractivity contribution in [2.24, 2.45) is 7.05 Å². The standard InChI is InChI=1S/C14H16ClN3O2/c1-9-14(10(2)18(3)17-9)16-13(19)8-20-12-6-4-5-11(15)7-12/h4-7H,8H2,1-3H3,(H,16,19). The third kappa shape index (κ3) is 3.30. The molecule has 0 radical (unpaired) electrons. The number of aryl methyl sites for hydroxylation is 2. The molecule has 1 aromatic heterocycles. The van der Waals surface area contributed by atoms with Crippen molar-refractivity contribution in [1.29, 1.82) is 0 Å². The van der Waals surface area contributed by atoms with E-state index in [0.29, 0.717) is 10.8 Å². The molecule has 0 bridgehead atoms. The zero-order valence-corrected chi connectivity index (χ0v) is 12.4. The van der Waals surface area contributed by atoms with E-state index in [1.54, 1.807) is 28.9 Å². The SMILES string of the molecule is Cc1nn(C)c(C)c1NC(=O)COc1cccc(Cl)c1. The Morgan fingerprint density at radius 2 is 2.20 bits per heavy atom. The smallest absolute Gasteiger partial charge is 0.262 e. The summed E-state index contributed by atoms with van der Waals surface area (Å²) in [4.78, 5) is 11.9. The molecular weight excluding hydrogens is 278 g/mol.